The van der Waals surface area contributed by atoms with Crippen LogP contribution in [0.15, 0.2) is 29.2 Å². The second-order valence-corrected chi connectivity index (χ2v) is 10.7. The number of hydrogen-bond acceptors (Lipinski definition) is 3. The molecule has 0 aromatic heterocycles. The van der Waals surface area contributed by atoms with Gasteiger partial charge in [-0.25, -0.2) is 12.8 Å². The van der Waals surface area contributed by atoms with Crippen molar-refractivity contribution in [3.8, 4) is 0 Å². The van der Waals surface area contributed by atoms with Gasteiger partial charge in [0.1, 0.15) is 10.7 Å². The Morgan fingerprint density at radius 1 is 1.11 bits per heavy atom. The van der Waals surface area contributed by atoms with Crippen LogP contribution in [0.25, 0.3) is 0 Å². The molecule has 1 spiro atoms. The number of rotatable bonds is 3. The van der Waals surface area contributed by atoms with Crippen LogP contribution in [0.2, 0.25) is 0 Å². The zero-order valence-electron chi connectivity index (χ0n) is 15.9. The Hall–Kier alpha value is -1.47. The normalized spacial score (nSPS) is 29.3. The summed E-state index contributed by atoms with van der Waals surface area (Å²) in [5.41, 5.74) is -0.0408. The average molecular weight is 395 g/mol. The van der Waals surface area contributed by atoms with Crippen molar-refractivity contribution in [2.45, 2.75) is 62.9 Å². The highest BCUT2D eigenvalue weighted by Crippen LogP contribution is 2.52. The third-order valence-corrected chi connectivity index (χ3v) is 8.40. The van der Waals surface area contributed by atoms with E-state index in [9.17, 15) is 17.6 Å². The summed E-state index contributed by atoms with van der Waals surface area (Å²) < 4.78 is 40.6. The highest BCUT2D eigenvalue weighted by molar-refractivity contribution is 7.89. The van der Waals surface area contributed by atoms with E-state index in [2.05, 4.69) is 18.7 Å². The molecule has 3 fully saturated rings. The van der Waals surface area contributed by atoms with Crippen LogP contribution in [0, 0.1) is 17.2 Å². The van der Waals surface area contributed by atoms with Crippen molar-refractivity contribution in [2.75, 3.05) is 13.1 Å². The van der Waals surface area contributed by atoms with Gasteiger partial charge in [-0.3, -0.25) is 4.79 Å². The number of likely N-dealkylation sites (tertiary alicyclic amines) is 1. The minimum absolute atomic E-state index is 0.0408. The number of nitrogens with zero attached hydrogens (tertiary/aromatic N) is 2. The Balaban J connectivity index is 1.40. The first kappa shape index (κ1) is 18.9. The van der Waals surface area contributed by atoms with Crippen LogP contribution < -0.4 is 0 Å². The molecule has 1 aromatic carbocycles. The van der Waals surface area contributed by atoms with Crippen LogP contribution in [0.3, 0.4) is 0 Å². The number of amides is 1. The van der Waals surface area contributed by atoms with E-state index >= 15 is 0 Å². The van der Waals surface area contributed by atoms with Gasteiger partial charge in [-0.15, -0.1) is 0 Å². The van der Waals surface area contributed by atoms with Gasteiger partial charge in [0.25, 0.3) is 0 Å². The molecule has 5 nitrogen and oxygen atoms in total. The number of carbonyl (C=O) groups is 1. The number of sulfonamides is 1. The lowest BCUT2D eigenvalue weighted by molar-refractivity contribution is -0.147. The van der Waals surface area contributed by atoms with Crippen LogP contribution in [0.4, 0.5) is 4.39 Å². The predicted molar refractivity (Wildman–Crippen MR) is 99.9 cm³/mol. The Bertz CT molecular complexity index is 843. The second-order valence-electron chi connectivity index (χ2n) is 8.80. The van der Waals surface area contributed by atoms with Crippen molar-refractivity contribution < 1.29 is 17.6 Å². The van der Waals surface area contributed by atoms with E-state index in [1.807, 2.05) is 0 Å². The molecule has 1 amide bonds. The first-order chi connectivity index (χ1) is 12.7. The minimum Gasteiger partial charge on any atom is -0.337 e. The van der Waals surface area contributed by atoms with E-state index in [1.54, 1.807) is 0 Å². The van der Waals surface area contributed by atoms with E-state index in [1.165, 1.54) is 28.6 Å². The van der Waals surface area contributed by atoms with Gasteiger partial charge in [-0.2, -0.15) is 4.31 Å². The molecule has 2 atom stereocenters. The summed E-state index contributed by atoms with van der Waals surface area (Å²) >= 11 is 0. The van der Waals surface area contributed by atoms with E-state index < -0.39 is 15.8 Å². The van der Waals surface area contributed by atoms with Gasteiger partial charge < -0.3 is 4.90 Å². The molecule has 148 valence electrons. The third kappa shape index (κ3) is 3.18. The molecule has 2 heterocycles. The van der Waals surface area contributed by atoms with Crippen molar-refractivity contribution in [1.29, 1.82) is 0 Å². The average Bonchev–Trinajstić information content (AvgIpc) is 2.64. The van der Waals surface area contributed by atoms with Crippen molar-refractivity contribution in [1.82, 2.24) is 9.21 Å². The summed E-state index contributed by atoms with van der Waals surface area (Å²) in [6.45, 7) is 5.10. The lowest BCUT2D eigenvalue weighted by Gasteiger charge is -2.60. The zero-order chi connectivity index (χ0) is 19.4. The predicted octanol–water partition coefficient (Wildman–Crippen LogP) is 3.02. The highest BCUT2D eigenvalue weighted by atomic mass is 32.2. The zero-order valence-corrected chi connectivity index (χ0v) is 16.7. The molecular formula is C20H27FN2O3S. The van der Waals surface area contributed by atoms with Crippen LogP contribution >= 0.6 is 0 Å². The summed E-state index contributed by atoms with van der Waals surface area (Å²) in [6, 6.07) is 5.99. The molecule has 1 aliphatic carbocycles. The minimum atomic E-state index is -3.78. The van der Waals surface area contributed by atoms with Gasteiger partial charge in [0.05, 0.1) is 0 Å². The largest absolute Gasteiger partial charge is 0.337 e. The Morgan fingerprint density at radius 3 is 2.44 bits per heavy atom. The highest BCUT2D eigenvalue weighted by Gasteiger charge is 2.58. The maximum atomic E-state index is 13.9. The van der Waals surface area contributed by atoms with Crippen LogP contribution in [0.1, 0.15) is 46.0 Å². The lowest BCUT2D eigenvalue weighted by atomic mass is 9.61. The van der Waals surface area contributed by atoms with Gasteiger partial charge in [-0.05, 0) is 50.7 Å². The number of carbonyl (C=O) groups excluding carboxylic acids is 1. The Kier molecular flexibility index (Phi) is 4.58. The van der Waals surface area contributed by atoms with Gasteiger partial charge in [0, 0.05) is 37.0 Å². The van der Waals surface area contributed by atoms with Crippen LogP contribution in [0.5, 0.6) is 0 Å². The maximum Gasteiger partial charge on any atom is 0.246 e. The van der Waals surface area contributed by atoms with Gasteiger partial charge in [0.15, 0.2) is 0 Å². The van der Waals surface area contributed by atoms with Crippen LogP contribution in [-0.2, 0) is 14.8 Å². The molecule has 27 heavy (non-hydrogen) atoms. The molecular weight excluding hydrogens is 367 g/mol. The lowest BCUT2D eigenvalue weighted by Crippen LogP contribution is -2.68. The monoisotopic (exact) mass is 394 g/mol. The summed E-state index contributed by atoms with van der Waals surface area (Å²) in [4.78, 5) is 14.4. The number of benzene rings is 1. The first-order valence-corrected chi connectivity index (χ1v) is 11.2. The summed E-state index contributed by atoms with van der Waals surface area (Å²) in [5, 5.41) is 0. The molecule has 0 N–H and O–H groups in total. The summed E-state index contributed by atoms with van der Waals surface area (Å²) in [7, 11) is -3.78. The quantitative estimate of drug-likeness (QED) is 0.792. The fourth-order valence-electron chi connectivity index (χ4n) is 5.04. The number of halogens is 1. The molecule has 0 unspecified atom stereocenters. The van der Waals surface area contributed by atoms with E-state index in [0.717, 1.165) is 25.7 Å². The molecule has 2 aliphatic heterocycles. The Morgan fingerprint density at radius 2 is 1.78 bits per heavy atom. The fraction of sp³-hybridized carbons (Fsp3) is 0.650. The molecule has 0 radical (unpaired) electrons. The van der Waals surface area contributed by atoms with Gasteiger partial charge in [-0.1, -0.05) is 19.1 Å². The SMILES string of the molecule is C[C@@H]1CC[C@@H](C)N(C2CC3(C2)CN(S(=O)(=O)c2ccccc2F)C3)C(=O)C1. The fourth-order valence-corrected chi connectivity index (χ4v) is 6.77. The van der Waals surface area contributed by atoms with Crippen molar-refractivity contribution >= 4 is 15.9 Å². The molecule has 0 bridgehead atoms. The van der Waals surface area contributed by atoms with Crippen molar-refractivity contribution in [3.63, 3.8) is 0 Å². The second kappa shape index (κ2) is 6.55. The topological polar surface area (TPSA) is 57.7 Å². The first-order valence-electron chi connectivity index (χ1n) is 9.78. The molecule has 4 rings (SSSR count). The molecule has 2 saturated heterocycles. The van der Waals surface area contributed by atoms with Crippen molar-refractivity contribution in [3.05, 3.63) is 30.1 Å². The van der Waals surface area contributed by atoms with E-state index in [-0.39, 0.29) is 28.3 Å². The van der Waals surface area contributed by atoms with E-state index in [4.69, 9.17) is 0 Å². The molecule has 7 heteroatoms. The van der Waals surface area contributed by atoms with Gasteiger partial charge in [0.2, 0.25) is 15.9 Å². The maximum absolute atomic E-state index is 13.9. The molecule has 3 aliphatic rings. The van der Waals surface area contributed by atoms with Gasteiger partial charge >= 0.3 is 0 Å². The van der Waals surface area contributed by atoms with Crippen LogP contribution in [-0.4, -0.2) is 48.7 Å². The van der Waals surface area contributed by atoms with Crippen molar-refractivity contribution in [2.24, 2.45) is 11.3 Å². The third-order valence-electron chi connectivity index (χ3n) is 6.57. The summed E-state index contributed by atoms with van der Waals surface area (Å²) in [6.07, 6.45) is 4.42. The number of hydrogen-bond donors (Lipinski definition) is 0. The standard InChI is InChI=1S/C20H27FN2O3S/c1-14-7-8-15(2)23(19(24)9-14)16-10-20(11-16)12-22(13-20)27(25,26)18-6-4-3-5-17(18)21/h3-6,14-16H,7-13H2,1-2H3/t14-,15-/m1/s1. The Labute approximate surface area is 160 Å². The molecule has 1 saturated carbocycles. The smallest absolute Gasteiger partial charge is 0.246 e. The van der Waals surface area contributed by atoms with E-state index in [0.29, 0.717) is 25.4 Å². The molecule has 1 aromatic rings. The summed E-state index contributed by atoms with van der Waals surface area (Å²) in [5.74, 6) is -0.0327.